The Bertz CT molecular complexity index is 1220. The summed E-state index contributed by atoms with van der Waals surface area (Å²) in [6.45, 7) is 3.37. The largest absolute Gasteiger partial charge is 0.482 e. The molecular weight excluding hydrogens is 479 g/mol. The Kier molecular flexibility index (Phi) is 7.40. The quantitative estimate of drug-likeness (QED) is 0.203. The molecule has 32 heavy (non-hydrogen) atoms. The van der Waals surface area contributed by atoms with E-state index < -0.39 is 10.8 Å². The fraction of sp³-hybridized carbons (Fsp3) is 0.143. The van der Waals surface area contributed by atoms with E-state index in [4.69, 9.17) is 39.5 Å². The van der Waals surface area contributed by atoms with E-state index in [2.05, 4.69) is 10.5 Å². The van der Waals surface area contributed by atoms with E-state index in [1.54, 1.807) is 12.1 Å². The zero-order chi connectivity index (χ0) is 23.4. The first-order valence-electron chi connectivity index (χ1n) is 9.20. The number of hydrogen-bond acceptors (Lipinski definition) is 5. The lowest BCUT2D eigenvalue weighted by atomic mass is 10.2. The van der Waals surface area contributed by atoms with E-state index in [0.29, 0.717) is 10.7 Å². The van der Waals surface area contributed by atoms with Crippen molar-refractivity contribution in [2.45, 2.75) is 13.8 Å². The van der Waals surface area contributed by atoms with Crippen molar-refractivity contribution in [3.8, 4) is 11.4 Å². The van der Waals surface area contributed by atoms with Gasteiger partial charge in [0, 0.05) is 40.2 Å². The monoisotopic (exact) mass is 494 g/mol. The number of nitro benzene ring substituents is 1. The average molecular weight is 496 g/mol. The van der Waals surface area contributed by atoms with Crippen LogP contribution in [0, 0.1) is 24.0 Å². The van der Waals surface area contributed by atoms with Crippen LogP contribution in [0.15, 0.2) is 47.6 Å². The number of hydrazone groups is 1. The normalized spacial score (nSPS) is 11.0. The summed E-state index contributed by atoms with van der Waals surface area (Å²) in [4.78, 5) is 22.7. The number of carbonyl (C=O) groups excluding carboxylic acids is 1. The van der Waals surface area contributed by atoms with Crippen LogP contribution in [0.1, 0.15) is 17.0 Å². The highest BCUT2D eigenvalue weighted by Gasteiger charge is 2.13. The summed E-state index contributed by atoms with van der Waals surface area (Å²) >= 11 is 17.9. The number of carbonyl (C=O) groups is 1. The van der Waals surface area contributed by atoms with Crippen molar-refractivity contribution in [2.24, 2.45) is 5.10 Å². The molecule has 1 amide bonds. The van der Waals surface area contributed by atoms with Crippen LogP contribution in [0.25, 0.3) is 5.69 Å². The molecule has 1 aromatic heterocycles. The molecule has 0 saturated carbocycles. The van der Waals surface area contributed by atoms with Gasteiger partial charge in [0.15, 0.2) is 6.61 Å². The third-order valence-corrected chi connectivity index (χ3v) is 5.48. The number of nitrogens with one attached hydrogen (secondary N) is 1. The van der Waals surface area contributed by atoms with E-state index in [0.717, 1.165) is 17.0 Å². The maximum Gasteiger partial charge on any atom is 0.277 e. The van der Waals surface area contributed by atoms with Gasteiger partial charge in [-0.1, -0.05) is 40.9 Å². The smallest absolute Gasteiger partial charge is 0.277 e. The van der Waals surface area contributed by atoms with E-state index in [1.165, 1.54) is 30.5 Å². The fourth-order valence-electron chi connectivity index (χ4n) is 3.05. The second-order valence-electron chi connectivity index (χ2n) is 6.72. The molecule has 8 nitrogen and oxygen atoms in total. The van der Waals surface area contributed by atoms with Crippen molar-refractivity contribution in [2.75, 3.05) is 6.61 Å². The molecule has 0 atom stereocenters. The van der Waals surface area contributed by atoms with Crippen LogP contribution >= 0.6 is 34.8 Å². The Hall–Kier alpha value is -3.07. The first-order chi connectivity index (χ1) is 15.2. The minimum Gasteiger partial charge on any atom is -0.482 e. The van der Waals surface area contributed by atoms with Crippen molar-refractivity contribution in [1.82, 2.24) is 9.99 Å². The Morgan fingerprint density at radius 1 is 1.22 bits per heavy atom. The molecule has 166 valence electrons. The summed E-state index contributed by atoms with van der Waals surface area (Å²) in [5.41, 5.74) is 5.41. The van der Waals surface area contributed by atoms with Crippen LogP contribution in [-0.2, 0) is 4.79 Å². The Balaban J connectivity index is 1.67. The number of benzene rings is 2. The highest BCUT2D eigenvalue weighted by atomic mass is 35.5. The van der Waals surface area contributed by atoms with Crippen LogP contribution in [0.5, 0.6) is 5.75 Å². The molecule has 0 fully saturated rings. The predicted octanol–water partition coefficient (Wildman–Crippen LogP) is 5.49. The van der Waals surface area contributed by atoms with Crippen LogP contribution < -0.4 is 10.2 Å². The van der Waals surface area contributed by atoms with Gasteiger partial charge in [-0.2, -0.15) is 5.10 Å². The Morgan fingerprint density at radius 2 is 1.97 bits per heavy atom. The minimum atomic E-state index is -0.513. The molecule has 11 heteroatoms. The molecule has 0 saturated heterocycles. The van der Waals surface area contributed by atoms with Crippen LogP contribution in [0.4, 0.5) is 5.69 Å². The second kappa shape index (κ2) is 10.0. The molecular formula is C21H17Cl3N4O4. The number of aromatic nitrogens is 1. The molecule has 0 aliphatic heterocycles. The highest BCUT2D eigenvalue weighted by Crippen LogP contribution is 2.35. The molecule has 0 unspecified atom stereocenters. The third kappa shape index (κ3) is 5.40. The number of nitrogens with zero attached hydrogens (tertiary/aromatic N) is 3. The molecule has 0 aliphatic carbocycles. The van der Waals surface area contributed by atoms with Gasteiger partial charge in [0.25, 0.3) is 11.6 Å². The van der Waals surface area contributed by atoms with Gasteiger partial charge < -0.3 is 9.30 Å². The van der Waals surface area contributed by atoms with Gasteiger partial charge in [-0.05, 0) is 32.0 Å². The Morgan fingerprint density at radius 3 is 2.69 bits per heavy atom. The predicted molar refractivity (Wildman–Crippen MR) is 125 cm³/mol. The van der Waals surface area contributed by atoms with E-state index in [1.807, 2.05) is 24.5 Å². The van der Waals surface area contributed by atoms with Gasteiger partial charge in [-0.15, -0.1) is 0 Å². The average Bonchev–Trinajstić information content (AvgIpc) is 3.02. The summed E-state index contributed by atoms with van der Waals surface area (Å²) in [6, 6.07) is 11.1. The van der Waals surface area contributed by atoms with Crippen molar-refractivity contribution in [3.05, 3.63) is 84.6 Å². The lowest BCUT2D eigenvalue weighted by Gasteiger charge is -2.09. The molecule has 3 rings (SSSR count). The van der Waals surface area contributed by atoms with E-state index in [-0.39, 0.29) is 28.1 Å². The van der Waals surface area contributed by atoms with Crippen LogP contribution in [0.2, 0.25) is 15.1 Å². The number of halogens is 3. The first kappa shape index (κ1) is 23.6. The molecule has 0 aliphatic rings. The second-order valence-corrected chi connectivity index (χ2v) is 7.94. The van der Waals surface area contributed by atoms with Gasteiger partial charge in [0.1, 0.15) is 10.8 Å². The lowest BCUT2D eigenvalue weighted by molar-refractivity contribution is -0.384. The number of amides is 1. The summed E-state index contributed by atoms with van der Waals surface area (Å²) < 4.78 is 7.22. The number of rotatable bonds is 7. The fourth-order valence-corrected chi connectivity index (χ4v) is 3.69. The number of non-ortho nitro benzene ring substituents is 1. The molecule has 1 heterocycles. The summed E-state index contributed by atoms with van der Waals surface area (Å²) in [7, 11) is 0. The number of nitro groups is 1. The van der Waals surface area contributed by atoms with Gasteiger partial charge in [0.05, 0.1) is 21.8 Å². The van der Waals surface area contributed by atoms with Crippen molar-refractivity contribution in [1.29, 1.82) is 0 Å². The molecule has 0 bridgehead atoms. The zero-order valence-corrected chi connectivity index (χ0v) is 19.2. The standard InChI is InChI=1S/C21H17Cl3N4O4/c1-12-6-14(13(2)27(12)16-4-3-5-17(9-16)28(30)31)10-25-26-20(29)11-32-19-8-15(22)7-18(23)21(19)24/h3-10H,11H2,1-2H3,(H,26,29)/b25-10-. The topological polar surface area (TPSA) is 98.8 Å². The number of ether oxygens (including phenoxy) is 1. The summed E-state index contributed by atoms with van der Waals surface area (Å²) in [5, 5.41) is 15.7. The maximum absolute atomic E-state index is 12.0. The van der Waals surface area contributed by atoms with E-state index >= 15 is 0 Å². The summed E-state index contributed by atoms with van der Waals surface area (Å²) in [5.74, 6) is -0.329. The third-order valence-electron chi connectivity index (χ3n) is 4.48. The summed E-state index contributed by atoms with van der Waals surface area (Å²) in [6.07, 6.45) is 1.48. The van der Waals surface area contributed by atoms with Crippen LogP contribution in [0.3, 0.4) is 0 Å². The van der Waals surface area contributed by atoms with Gasteiger partial charge in [-0.25, -0.2) is 5.43 Å². The number of hydrogen-bond donors (Lipinski definition) is 1. The molecule has 0 radical (unpaired) electrons. The SMILES string of the molecule is Cc1cc(/C=N\NC(=O)COc2cc(Cl)cc(Cl)c2Cl)c(C)n1-c1cccc([N+](=O)[O-])c1. The molecule has 0 spiro atoms. The molecule has 1 N–H and O–H groups in total. The van der Waals surface area contributed by atoms with Crippen LogP contribution in [-0.4, -0.2) is 28.2 Å². The van der Waals surface area contributed by atoms with Gasteiger partial charge in [0.2, 0.25) is 0 Å². The zero-order valence-electron chi connectivity index (χ0n) is 16.9. The van der Waals surface area contributed by atoms with Crippen molar-refractivity contribution >= 4 is 52.6 Å². The van der Waals surface area contributed by atoms with Crippen molar-refractivity contribution < 1.29 is 14.5 Å². The number of aryl methyl sites for hydroxylation is 1. The highest BCUT2D eigenvalue weighted by molar-refractivity contribution is 6.44. The first-order valence-corrected chi connectivity index (χ1v) is 10.3. The van der Waals surface area contributed by atoms with E-state index in [9.17, 15) is 14.9 Å². The molecule has 2 aromatic carbocycles. The Labute approximate surface area is 198 Å². The van der Waals surface area contributed by atoms with Crippen molar-refractivity contribution in [3.63, 3.8) is 0 Å². The lowest BCUT2D eigenvalue weighted by Crippen LogP contribution is -2.24. The van der Waals surface area contributed by atoms with Gasteiger partial charge in [-0.3, -0.25) is 14.9 Å². The van der Waals surface area contributed by atoms with Gasteiger partial charge >= 0.3 is 0 Å². The minimum absolute atomic E-state index is 0.00132. The molecule has 3 aromatic rings. The maximum atomic E-state index is 12.0.